The summed E-state index contributed by atoms with van der Waals surface area (Å²) in [6, 6.07) is 8.36. The summed E-state index contributed by atoms with van der Waals surface area (Å²) < 4.78 is 29.2. The minimum Gasteiger partial charge on any atom is -0.266 e. The Labute approximate surface area is 136 Å². The van der Waals surface area contributed by atoms with Crippen LogP contribution >= 0.6 is 11.3 Å². The van der Waals surface area contributed by atoms with Gasteiger partial charge in [0.25, 0.3) is 10.1 Å². The topological polar surface area (TPSA) is 43.4 Å². The molecule has 3 nitrogen and oxygen atoms in total. The monoisotopic (exact) mass is 334 g/mol. The lowest BCUT2D eigenvalue weighted by atomic mass is 9.99. The van der Waals surface area contributed by atoms with Crippen molar-refractivity contribution in [1.29, 1.82) is 0 Å². The van der Waals surface area contributed by atoms with Gasteiger partial charge in [-0.25, -0.2) is 0 Å². The maximum absolute atomic E-state index is 12.1. The van der Waals surface area contributed by atoms with Crippen LogP contribution in [0.3, 0.4) is 0 Å². The van der Waals surface area contributed by atoms with Gasteiger partial charge >= 0.3 is 0 Å². The fourth-order valence-corrected chi connectivity index (χ4v) is 3.21. The number of hydrogen-bond acceptors (Lipinski definition) is 4. The summed E-state index contributed by atoms with van der Waals surface area (Å²) in [5.41, 5.74) is 1.51. The maximum Gasteiger partial charge on any atom is 0.296 e. The fourth-order valence-electron chi connectivity index (χ4n) is 1.51. The first-order valence-electron chi connectivity index (χ1n) is 6.80. The molecule has 2 rings (SSSR count). The normalized spacial score (nSPS) is 11.8. The second-order valence-electron chi connectivity index (χ2n) is 6.06. The Hall–Kier alpha value is -1.61. The summed E-state index contributed by atoms with van der Waals surface area (Å²) in [6.07, 6.45) is 0. The minimum absolute atomic E-state index is 0.148. The van der Waals surface area contributed by atoms with E-state index in [-0.39, 0.29) is 16.9 Å². The third kappa shape index (κ3) is 4.99. The van der Waals surface area contributed by atoms with Crippen molar-refractivity contribution in [3.05, 3.63) is 52.2 Å². The molecule has 0 saturated heterocycles. The molecule has 0 aliphatic carbocycles. The average Bonchev–Trinajstić information content (AvgIpc) is 2.96. The van der Waals surface area contributed by atoms with Gasteiger partial charge in [0.05, 0.1) is 11.5 Å². The van der Waals surface area contributed by atoms with E-state index in [9.17, 15) is 8.42 Å². The molecule has 0 spiro atoms. The number of rotatable bonds is 3. The second-order valence-corrected chi connectivity index (χ2v) is 8.46. The lowest BCUT2D eigenvalue weighted by Gasteiger charge is -2.17. The first-order valence-corrected chi connectivity index (χ1v) is 9.15. The van der Waals surface area contributed by atoms with Crippen LogP contribution in [0.15, 0.2) is 46.0 Å². The Kier molecular flexibility index (Phi) is 5.07. The van der Waals surface area contributed by atoms with Crippen LogP contribution in [0.4, 0.5) is 0 Å². The molecule has 1 heterocycles. The van der Waals surface area contributed by atoms with Gasteiger partial charge < -0.3 is 0 Å². The summed E-state index contributed by atoms with van der Waals surface area (Å²) in [6.45, 7) is 5.91. The smallest absolute Gasteiger partial charge is 0.266 e. The molecule has 22 heavy (non-hydrogen) atoms. The summed E-state index contributed by atoms with van der Waals surface area (Å²) >= 11 is 1.59. The van der Waals surface area contributed by atoms with Gasteiger partial charge in [0.2, 0.25) is 0 Å². The summed E-state index contributed by atoms with van der Waals surface area (Å²) in [5, 5.41) is 3.93. The Bertz CT molecular complexity index is 769. The molecule has 1 aromatic carbocycles. The maximum atomic E-state index is 12.1. The van der Waals surface area contributed by atoms with Gasteiger partial charge in [-0.3, -0.25) is 4.18 Å². The van der Waals surface area contributed by atoms with Gasteiger partial charge in [0, 0.05) is 16.5 Å². The fraction of sp³-hybridized carbons (Fsp3) is 0.294. The molecule has 0 N–H and O–H groups in total. The lowest BCUT2D eigenvalue weighted by Crippen LogP contribution is -2.18. The minimum atomic E-state index is -3.71. The van der Waals surface area contributed by atoms with Crippen molar-refractivity contribution < 1.29 is 12.6 Å². The van der Waals surface area contributed by atoms with Gasteiger partial charge in [-0.15, -0.1) is 0 Å². The Morgan fingerprint density at radius 2 is 1.68 bits per heavy atom. The predicted molar refractivity (Wildman–Crippen MR) is 89.3 cm³/mol. The highest BCUT2D eigenvalue weighted by atomic mass is 32.2. The highest BCUT2D eigenvalue weighted by molar-refractivity contribution is 7.86. The number of benzene rings is 1. The molecule has 0 aliphatic heterocycles. The van der Waals surface area contributed by atoms with Crippen LogP contribution in [0.25, 0.3) is 0 Å². The van der Waals surface area contributed by atoms with Gasteiger partial charge in [0.1, 0.15) is 0 Å². The van der Waals surface area contributed by atoms with E-state index in [1.54, 1.807) is 23.5 Å². The summed E-state index contributed by atoms with van der Waals surface area (Å²) in [5.74, 6) is 6.03. The van der Waals surface area contributed by atoms with Crippen molar-refractivity contribution in [2.45, 2.75) is 25.7 Å². The average molecular weight is 334 g/mol. The molecule has 0 saturated carbocycles. The van der Waals surface area contributed by atoms with Gasteiger partial charge in [-0.2, -0.15) is 19.8 Å². The molecule has 0 aliphatic rings. The quantitative estimate of drug-likeness (QED) is 0.631. The molecule has 0 fully saturated rings. The van der Waals surface area contributed by atoms with Crippen LogP contribution in [-0.2, 0) is 14.3 Å². The molecule has 0 radical (unpaired) electrons. The molecule has 0 atom stereocenters. The predicted octanol–water partition coefficient (Wildman–Crippen LogP) is 3.90. The Morgan fingerprint density at radius 1 is 1.05 bits per heavy atom. The van der Waals surface area contributed by atoms with E-state index in [1.807, 2.05) is 37.6 Å². The molecule has 5 heteroatoms. The molecule has 0 amide bonds. The lowest BCUT2D eigenvalue weighted by molar-refractivity contribution is 0.203. The van der Waals surface area contributed by atoms with E-state index in [2.05, 4.69) is 11.8 Å². The van der Waals surface area contributed by atoms with E-state index in [0.29, 0.717) is 0 Å². The van der Waals surface area contributed by atoms with E-state index in [4.69, 9.17) is 4.18 Å². The van der Waals surface area contributed by atoms with Crippen LogP contribution in [0.1, 0.15) is 31.9 Å². The van der Waals surface area contributed by atoms with Crippen molar-refractivity contribution in [2.24, 2.45) is 5.41 Å². The standard InChI is InChI=1S/C17H18O3S2/c1-17(2,3)13-20-22(18,19)16-8-6-14(7-9-16)4-5-15-10-11-21-12-15/h6-12H,13H2,1-3H3. The van der Waals surface area contributed by atoms with Crippen molar-refractivity contribution in [2.75, 3.05) is 6.61 Å². The van der Waals surface area contributed by atoms with Crippen LogP contribution < -0.4 is 0 Å². The SMILES string of the molecule is CC(C)(C)COS(=O)(=O)c1ccc(C#Cc2ccsc2)cc1. The first kappa shape index (κ1) is 16.8. The van der Waals surface area contributed by atoms with E-state index >= 15 is 0 Å². The zero-order valence-electron chi connectivity index (χ0n) is 12.8. The zero-order chi connectivity index (χ0) is 16.2. The molecular formula is C17H18O3S2. The molecule has 2 aromatic rings. The Balaban J connectivity index is 2.11. The van der Waals surface area contributed by atoms with Crippen molar-refractivity contribution in [1.82, 2.24) is 0 Å². The second kappa shape index (κ2) is 6.66. The first-order chi connectivity index (χ1) is 10.3. The third-order valence-electron chi connectivity index (χ3n) is 2.66. The van der Waals surface area contributed by atoms with Crippen LogP contribution in [0.5, 0.6) is 0 Å². The largest absolute Gasteiger partial charge is 0.296 e. The van der Waals surface area contributed by atoms with Crippen LogP contribution in [-0.4, -0.2) is 15.0 Å². The van der Waals surface area contributed by atoms with Crippen molar-refractivity contribution >= 4 is 21.5 Å². The van der Waals surface area contributed by atoms with E-state index < -0.39 is 10.1 Å². The van der Waals surface area contributed by atoms with Gasteiger partial charge in [0.15, 0.2) is 0 Å². The number of hydrogen-bond donors (Lipinski definition) is 0. The van der Waals surface area contributed by atoms with Crippen molar-refractivity contribution in [3.8, 4) is 11.8 Å². The van der Waals surface area contributed by atoms with Crippen molar-refractivity contribution in [3.63, 3.8) is 0 Å². The van der Waals surface area contributed by atoms with Gasteiger partial charge in [-0.05, 0) is 41.1 Å². The molecule has 0 unspecified atom stereocenters. The van der Waals surface area contributed by atoms with Gasteiger partial charge in [-0.1, -0.05) is 32.6 Å². The zero-order valence-corrected chi connectivity index (χ0v) is 14.4. The van der Waals surface area contributed by atoms with E-state index in [0.717, 1.165) is 11.1 Å². The van der Waals surface area contributed by atoms with Crippen LogP contribution in [0.2, 0.25) is 0 Å². The Morgan fingerprint density at radius 3 is 2.23 bits per heavy atom. The highest BCUT2D eigenvalue weighted by Gasteiger charge is 2.19. The molecule has 1 aromatic heterocycles. The third-order valence-corrected chi connectivity index (χ3v) is 4.62. The van der Waals surface area contributed by atoms with Crippen LogP contribution in [0, 0.1) is 17.3 Å². The molecular weight excluding hydrogens is 316 g/mol. The highest BCUT2D eigenvalue weighted by Crippen LogP contribution is 2.19. The summed E-state index contributed by atoms with van der Waals surface area (Å²) in [4.78, 5) is 0.151. The number of thiophene rings is 1. The molecule has 0 bridgehead atoms. The molecule has 116 valence electrons. The summed E-state index contributed by atoms with van der Waals surface area (Å²) in [7, 11) is -3.71. The van der Waals surface area contributed by atoms with E-state index in [1.165, 1.54) is 12.1 Å².